The van der Waals surface area contributed by atoms with Gasteiger partial charge in [0.05, 0.1) is 0 Å². The fourth-order valence-corrected chi connectivity index (χ4v) is 5.64. The fourth-order valence-electron chi connectivity index (χ4n) is 5.64. The molecule has 6 nitrogen and oxygen atoms in total. The Morgan fingerprint density at radius 1 is 0.350 bits per heavy atom. The van der Waals surface area contributed by atoms with E-state index in [0.29, 0.717) is 12.8 Å². The molecule has 1 atom stereocenters. The van der Waals surface area contributed by atoms with Crippen molar-refractivity contribution in [3.05, 3.63) is 134 Å². The van der Waals surface area contributed by atoms with E-state index in [0.717, 1.165) is 116 Å². The lowest BCUT2D eigenvalue weighted by atomic mass is 10.1. The molecule has 0 spiro atoms. The van der Waals surface area contributed by atoms with E-state index in [-0.39, 0.29) is 37.5 Å². The maximum absolute atomic E-state index is 12.7. The zero-order valence-corrected chi connectivity index (χ0v) is 37.9. The number of unbranched alkanes of at least 4 members (excludes halogenated alkanes) is 14. The quantitative estimate of drug-likeness (QED) is 0.0202. The third-order valence-electron chi connectivity index (χ3n) is 9.13. The topological polar surface area (TPSA) is 78.9 Å². The van der Waals surface area contributed by atoms with Gasteiger partial charge in [0.2, 0.25) is 0 Å². The van der Waals surface area contributed by atoms with Crippen molar-refractivity contribution in [1.82, 2.24) is 0 Å². The van der Waals surface area contributed by atoms with Gasteiger partial charge in [-0.2, -0.15) is 0 Å². The molecule has 0 bridgehead atoms. The van der Waals surface area contributed by atoms with Crippen LogP contribution in [0.3, 0.4) is 0 Å². The molecule has 0 N–H and O–H groups in total. The molecule has 0 amide bonds. The number of carbonyl (C=O) groups excluding carboxylic acids is 3. The molecule has 0 aromatic heterocycles. The van der Waals surface area contributed by atoms with Crippen LogP contribution in [0.1, 0.15) is 168 Å². The van der Waals surface area contributed by atoms with Crippen LogP contribution >= 0.6 is 0 Å². The zero-order chi connectivity index (χ0) is 43.7. The highest BCUT2D eigenvalue weighted by molar-refractivity contribution is 5.71. The summed E-state index contributed by atoms with van der Waals surface area (Å²) < 4.78 is 16.6. The SMILES string of the molecule is CC\C=C/C=C\C=C/C=C\C=C\C=C/C=C\CCCCCC(=O)OCC(COC(=O)CCCCCC/C=C\CCCC)OC(=O)CCCCCCC\C=C/C=C\C=C/CC. The van der Waals surface area contributed by atoms with Crippen molar-refractivity contribution in [2.75, 3.05) is 13.2 Å². The predicted molar refractivity (Wildman–Crippen MR) is 256 cm³/mol. The van der Waals surface area contributed by atoms with Crippen LogP contribution in [-0.2, 0) is 28.6 Å². The van der Waals surface area contributed by atoms with Gasteiger partial charge in [-0.3, -0.25) is 14.4 Å². The molecule has 0 radical (unpaired) electrons. The highest BCUT2D eigenvalue weighted by atomic mass is 16.6. The lowest BCUT2D eigenvalue weighted by Crippen LogP contribution is -2.30. The highest BCUT2D eigenvalue weighted by Crippen LogP contribution is 2.12. The first-order valence-electron chi connectivity index (χ1n) is 23.3. The molecule has 0 rings (SSSR count). The third-order valence-corrected chi connectivity index (χ3v) is 9.13. The summed E-state index contributed by atoms with van der Waals surface area (Å²) in [6.07, 6.45) is 65.7. The van der Waals surface area contributed by atoms with Gasteiger partial charge in [0, 0.05) is 19.3 Å². The van der Waals surface area contributed by atoms with Gasteiger partial charge in [-0.05, 0) is 77.0 Å². The van der Waals surface area contributed by atoms with Crippen LogP contribution in [0, 0.1) is 0 Å². The minimum Gasteiger partial charge on any atom is -0.462 e. The number of hydrogen-bond donors (Lipinski definition) is 0. The second kappa shape index (κ2) is 47.2. The van der Waals surface area contributed by atoms with Crippen molar-refractivity contribution in [2.24, 2.45) is 0 Å². The Labute approximate surface area is 366 Å². The minimum atomic E-state index is -0.815. The van der Waals surface area contributed by atoms with Crippen LogP contribution in [0.15, 0.2) is 134 Å². The fraction of sp³-hybridized carbons (Fsp3) is 0.537. The lowest BCUT2D eigenvalue weighted by molar-refractivity contribution is -0.167. The molecular formula is C54H82O6. The largest absolute Gasteiger partial charge is 0.462 e. The molecule has 6 heteroatoms. The molecule has 0 saturated carbocycles. The first kappa shape index (κ1) is 55.5. The monoisotopic (exact) mass is 827 g/mol. The molecule has 0 aromatic carbocycles. The van der Waals surface area contributed by atoms with Crippen LogP contribution in [0.4, 0.5) is 0 Å². The molecule has 1 unspecified atom stereocenters. The zero-order valence-electron chi connectivity index (χ0n) is 37.9. The lowest BCUT2D eigenvalue weighted by Gasteiger charge is -2.18. The number of esters is 3. The summed E-state index contributed by atoms with van der Waals surface area (Å²) in [5, 5.41) is 0. The Bertz CT molecular complexity index is 1370. The minimum absolute atomic E-state index is 0.113. The van der Waals surface area contributed by atoms with E-state index < -0.39 is 6.10 Å². The Hall–Kier alpha value is -4.45. The van der Waals surface area contributed by atoms with E-state index in [1.54, 1.807) is 0 Å². The molecule has 0 aliphatic carbocycles. The second-order valence-electron chi connectivity index (χ2n) is 14.8. The van der Waals surface area contributed by atoms with Crippen molar-refractivity contribution >= 4 is 17.9 Å². The third kappa shape index (κ3) is 44.6. The molecule has 0 aromatic rings. The van der Waals surface area contributed by atoms with Crippen LogP contribution in [0.2, 0.25) is 0 Å². The van der Waals surface area contributed by atoms with Gasteiger partial charge < -0.3 is 14.2 Å². The summed E-state index contributed by atoms with van der Waals surface area (Å²) in [6, 6.07) is 0. The van der Waals surface area contributed by atoms with Crippen molar-refractivity contribution < 1.29 is 28.6 Å². The van der Waals surface area contributed by atoms with Crippen LogP contribution in [-0.4, -0.2) is 37.2 Å². The Balaban J connectivity index is 4.54. The van der Waals surface area contributed by atoms with Gasteiger partial charge in [0.15, 0.2) is 6.10 Å². The first-order valence-corrected chi connectivity index (χ1v) is 23.3. The molecule has 0 aliphatic rings. The Morgan fingerprint density at radius 2 is 0.667 bits per heavy atom. The van der Waals surface area contributed by atoms with Crippen molar-refractivity contribution in [3.63, 3.8) is 0 Å². The predicted octanol–water partition coefficient (Wildman–Crippen LogP) is 15.1. The van der Waals surface area contributed by atoms with Gasteiger partial charge in [-0.15, -0.1) is 0 Å². The molecule has 334 valence electrons. The molecule has 0 aliphatic heterocycles. The van der Waals surface area contributed by atoms with E-state index in [1.807, 2.05) is 79.0 Å². The maximum Gasteiger partial charge on any atom is 0.306 e. The summed E-state index contributed by atoms with van der Waals surface area (Å²) in [5.41, 5.74) is 0. The average molecular weight is 827 g/mol. The Kier molecular flexibility index (Phi) is 43.7. The van der Waals surface area contributed by atoms with Gasteiger partial charge in [0.1, 0.15) is 13.2 Å². The second-order valence-corrected chi connectivity index (χ2v) is 14.8. The normalized spacial score (nSPS) is 13.3. The van der Waals surface area contributed by atoms with E-state index in [9.17, 15) is 14.4 Å². The van der Waals surface area contributed by atoms with Crippen LogP contribution in [0.5, 0.6) is 0 Å². The Morgan fingerprint density at radius 3 is 1.08 bits per heavy atom. The number of ether oxygens (including phenoxy) is 3. The standard InChI is InChI=1S/C54H82O6/c1-4-7-10-13-16-19-22-24-25-26-27-28-29-31-32-35-38-41-44-47-53(56)59-50-51(49-58-52(55)46-43-40-37-34-21-18-15-12-9-6-3)60-54(57)48-45-42-39-36-33-30-23-20-17-14-11-8-5-2/h7-8,10-11,13-20,22-29,31-32,51H,4-6,9,12,21,30,33-50H2,1-3H3/b10-7-,11-8-,16-13-,17-14-,18-15-,22-19-,23-20-,25-24-,27-26+,29-28-,32-31-. The van der Waals surface area contributed by atoms with Crippen LogP contribution < -0.4 is 0 Å². The van der Waals surface area contributed by atoms with Crippen LogP contribution in [0.25, 0.3) is 0 Å². The average Bonchev–Trinajstić information content (AvgIpc) is 3.24. The molecule has 0 saturated heterocycles. The molecule has 0 fully saturated rings. The van der Waals surface area contributed by atoms with Gasteiger partial charge in [-0.1, -0.05) is 206 Å². The summed E-state index contributed by atoms with van der Waals surface area (Å²) >= 11 is 0. The van der Waals surface area contributed by atoms with Crippen molar-refractivity contribution in [3.8, 4) is 0 Å². The maximum atomic E-state index is 12.7. The first-order chi connectivity index (χ1) is 29.5. The van der Waals surface area contributed by atoms with Gasteiger partial charge in [-0.25, -0.2) is 0 Å². The highest BCUT2D eigenvalue weighted by Gasteiger charge is 2.19. The molecule has 0 heterocycles. The van der Waals surface area contributed by atoms with E-state index in [4.69, 9.17) is 14.2 Å². The van der Waals surface area contributed by atoms with Gasteiger partial charge in [0.25, 0.3) is 0 Å². The van der Waals surface area contributed by atoms with Crippen molar-refractivity contribution in [2.45, 2.75) is 175 Å². The summed E-state index contributed by atoms with van der Waals surface area (Å²) in [7, 11) is 0. The van der Waals surface area contributed by atoms with Gasteiger partial charge >= 0.3 is 17.9 Å². The number of rotatable bonds is 39. The number of hydrogen-bond acceptors (Lipinski definition) is 6. The van der Waals surface area contributed by atoms with E-state index in [2.05, 4.69) is 75.5 Å². The molecule has 60 heavy (non-hydrogen) atoms. The molecular weight excluding hydrogens is 745 g/mol. The van der Waals surface area contributed by atoms with E-state index in [1.165, 1.54) is 12.8 Å². The summed E-state index contributed by atoms with van der Waals surface area (Å²) in [6.45, 7) is 6.21. The summed E-state index contributed by atoms with van der Waals surface area (Å²) in [5.74, 6) is -1.01. The summed E-state index contributed by atoms with van der Waals surface area (Å²) in [4.78, 5) is 37.8. The smallest absolute Gasteiger partial charge is 0.306 e. The number of allylic oxidation sites excluding steroid dienone is 22. The number of carbonyl (C=O) groups is 3. The van der Waals surface area contributed by atoms with E-state index >= 15 is 0 Å². The van der Waals surface area contributed by atoms with Crippen molar-refractivity contribution in [1.29, 1.82) is 0 Å².